The lowest BCUT2D eigenvalue weighted by Crippen LogP contribution is -2.64. The fraction of sp³-hybridized carbons (Fsp3) is 0.364. The maximum atomic E-state index is 13.5. The van der Waals surface area contributed by atoms with E-state index in [1.165, 1.54) is 99.0 Å². The summed E-state index contributed by atoms with van der Waals surface area (Å²) in [7, 11) is -46.2. The van der Waals surface area contributed by atoms with Crippen molar-refractivity contribution in [3.8, 4) is 17.2 Å². The van der Waals surface area contributed by atoms with Gasteiger partial charge >= 0.3 is 56.2 Å². The smallest absolute Gasteiger partial charge is 0.470 e. The molecule has 2 N–H and O–H groups in total. The first-order valence-corrected chi connectivity index (χ1v) is 57.7. The van der Waals surface area contributed by atoms with Gasteiger partial charge in [0.2, 0.25) is 0 Å². The zero-order valence-electron chi connectivity index (χ0n) is 76.0. The molecule has 0 amide bonds. The number of alkyl halides is 24. The van der Waals surface area contributed by atoms with Crippen molar-refractivity contribution >= 4 is 159 Å². The average Bonchev–Trinajstić information content (AvgIpc) is 0.717. The Bertz CT molecular complexity index is 6720. The summed E-state index contributed by atoms with van der Waals surface area (Å²) in [6.45, 7) is -1.71. The van der Waals surface area contributed by atoms with Crippen molar-refractivity contribution in [2.45, 2.75) is 128 Å². The molecule has 14 rings (SSSR count). The summed E-state index contributed by atoms with van der Waals surface area (Å²) in [5, 5.41) is -7.01. The third kappa shape index (κ3) is 27.3. The third-order valence-corrected chi connectivity index (χ3v) is 42.1. The van der Waals surface area contributed by atoms with E-state index in [2.05, 4.69) is 149 Å². The summed E-state index contributed by atoms with van der Waals surface area (Å²) >= 11 is 0. The standard InChI is InChI=1S/C26H24F6NO2S.C25H28NOS.C23H21NO2S.C7H9F6NO6S2.C4H3F6O6S3.C3F6NO4S2/c27-25(28,29)24(34,26(30,31)32)18-35-22-12-8-20(9-13-22)33(19-6-2-1-3-7-19)21-10-14-23(15-11-21)36-16-4-5-17-36;1-2-18-27-24-14-10-22(11-15-24)26(21-8-4-3-5-9-21)23-12-16-25(17-13-23)28-19-6-7-20-28;25-21-10-6-19(7-11-21)24(18-4-2-1-3-5-18)20-8-12-23(13-9-20)27-16-14-22(26)15-17-27;8-5(9,7(12,13)22(17,18)19)6(10,11)21(15,16)14-1-3-20-4-2-14;1-17(11,12)2(18(13,14)3(5,6)7)19(15,16)4(8,9)10;4-1(5)2(6,7)15(11,12)10-16(13,14)3(1,8)9/h1-3,6-15,34H,4-5,16-18H2;3-5,8-17H,2,6-7,18-20H2,1H3;1-13H,14-17H2;1-4H2,(H,17,18,19);1H3;/q2*+1;;;2*-1. The molecule has 5 aliphatic rings. The van der Waals surface area contributed by atoms with Crippen LogP contribution in [0.5, 0.6) is 17.2 Å². The van der Waals surface area contributed by atoms with E-state index in [1.807, 2.05) is 77.7 Å². The topological polar surface area (TPSA) is 374 Å². The summed E-state index contributed by atoms with van der Waals surface area (Å²) in [6.07, 6.45) is -4.61. The second-order valence-electron chi connectivity index (χ2n) is 31.8. The van der Waals surface area contributed by atoms with Crippen LogP contribution in [0.4, 0.5) is 157 Å². The van der Waals surface area contributed by atoms with Gasteiger partial charge in [-0.05, 0) is 214 Å². The van der Waals surface area contributed by atoms with Gasteiger partial charge in [-0.2, -0.15) is 110 Å². The molecule has 0 bridgehead atoms. The molecule has 5 heterocycles. The molecule has 0 spiro atoms. The van der Waals surface area contributed by atoms with E-state index in [0.29, 0.717) is 35.2 Å². The number of aliphatic hydroxyl groups is 1. The predicted octanol–water partition coefficient (Wildman–Crippen LogP) is 20.3. The number of benzene rings is 9. The Morgan fingerprint density at radius 1 is 0.432 bits per heavy atom. The van der Waals surface area contributed by atoms with Crippen LogP contribution in [0.3, 0.4) is 0 Å². The SMILES string of the molecule is CCCOc1ccc(N(c2ccccc2)c2ccc([S+]3CCCC3)cc2)cc1.CS(=O)(=O)[C-](S(=O)(=O)C(F)(F)F)S(=O)(=O)C(F)(F)F.O=C1CC[S+](c2ccc(N(c3ccccc3)c3ccc(O)cc3)cc2)CC1.O=S(=O)([O-])C(F)(F)C(F)(F)C(F)(F)S(=O)(=O)N1CCOCC1.O=S1(=O)[N-]S(=O)(=O)C(F)(F)C(F)(F)C1(F)F.OC(COc1ccc(N(c2ccccc2)c2ccc([S+]3CCCC3)cc2)cc1)(C(F)(F)F)C(F)(F)F. The lowest BCUT2D eigenvalue weighted by molar-refractivity contribution is -0.373. The van der Waals surface area contributed by atoms with Crippen LogP contribution in [0.1, 0.15) is 51.9 Å². The first-order valence-electron chi connectivity index (χ1n) is 42.5. The van der Waals surface area contributed by atoms with E-state index in [1.54, 1.807) is 12.1 Å². The van der Waals surface area contributed by atoms with E-state index in [4.69, 9.17) is 9.47 Å². The van der Waals surface area contributed by atoms with Crippen LogP contribution in [0.15, 0.2) is 251 Å². The fourth-order valence-electron chi connectivity index (χ4n) is 13.8. The number of ether oxygens (including phenoxy) is 3. The second kappa shape index (κ2) is 47.2. The zero-order chi connectivity index (χ0) is 111. The average molecular weight is 2330 g/mol. The van der Waals surface area contributed by atoms with Gasteiger partial charge in [-0.15, -0.1) is 0 Å². The van der Waals surface area contributed by atoms with Gasteiger partial charge in [0, 0.05) is 103 Å². The van der Waals surface area contributed by atoms with Crippen LogP contribution >= 0.6 is 0 Å². The molecule has 0 radical (unpaired) electrons. The quantitative estimate of drug-likeness (QED) is 0.0220. The summed E-state index contributed by atoms with van der Waals surface area (Å²) in [6, 6.07) is 77.6. The number of sulfonamides is 3. The molecule has 0 aromatic heterocycles. The number of para-hydroxylation sites is 3. The maximum Gasteiger partial charge on any atom is 0.470 e. The van der Waals surface area contributed by atoms with Gasteiger partial charge in [0.05, 0.1) is 46.4 Å². The van der Waals surface area contributed by atoms with Crippen molar-refractivity contribution in [1.82, 2.24) is 4.31 Å². The molecule has 148 heavy (non-hydrogen) atoms. The van der Waals surface area contributed by atoms with Gasteiger partial charge in [-0.1, -0.05) is 61.5 Å². The van der Waals surface area contributed by atoms with Gasteiger partial charge < -0.3 is 47.8 Å². The minimum Gasteiger partial charge on any atom is -0.743 e. The molecule has 0 aliphatic carbocycles. The number of sulfone groups is 3. The van der Waals surface area contributed by atoms with E-state index < -0.39 is 175 Å². The first kappa shape index (κ1) is 122. The predicted molar refractivity (Wildman–Crippen MR) is 502 cm³/mol. The van der Waals surface area contributed by atoms with E-state index in [9.17, 15) is 184 Å². The highest BCUT2D eigenvalue weighted by molar-refractivity contribution is 8.29. The van der Waals surface area contributed by atoms with Crippen molar-refractivity contribution in [2.75, 3.05) is 95.0 Å². The van der Waals surface area contributed by atoms with Gasteiger partial charge in [-0.3, -0.25) is 30.0 Å². The molecular formula is C88H85F24N5O21S10. The number of carbonyl (C=O) groups is 1. The van der Waals surface area contributed by atoms with Crippen LogP contribution in [0.2, 0.25) is 0 Å². The van der Waals surface area contributed by atoms with E-state index in [-0.39, 0.29) is 37.6 Å². The minimum atomic E-state index is -7.26. The molecule has 5 aliphatic heterocycles. The number of phenolic OH excluding ortho intramolecular Hbond substituents is 1. The Balaban J connectivity index is 0.000000201. The van der Waals surface area contributed by atoms with Gasteiger partial charge in [-0.25, -0.2) is 33.7 Å². The van der Waals surface area contributed by atoms with Crippen molar-refractivity contribution < 1.29 is 198 Å². The van der Waals surface area contributed by atoms with Crippen molar-refractivity contribution in [1.29, 1.82) is 0 Å². The summed E-state index contributed by atoms with van der Waals surface area (Å²) in [4.78, 5) is 22.1. The number of halogens is 24. The number of hydrogen-bond acceptors (Lipinski definition) is 24. The summed E-state index contributed by atoms with van der Waals surface area (Å²) < 4.78 is 474. The van der Waals surface area contributed by atoms with Gasteiger partial charge in [0.25, 0.3) is 15.6 Å². The van der Waals surface area contributed by atoms with Crippen LogP contribution < -0.4 is 24.2 Å². The first-order chi connectivity index (χ1) is 68.2. The summed E-state index contributed by atoms with van der Waals surface area (Å²) in [5.41, 5.74) is -9.07. The molecule has 9 aromatic carbocycles. The number of Topliss-reactive ketones (excluding diaryl/α,β-unsaturated/α-hetero) is 1. The number of ketones is 1. The lowest BCUT2D eigenvalue weighted by atomic mass is 10.0. The Labute approximate surface area is 841 Å². The van der Waals surface area contributed by atoms with Gasteiger partial charge in [0.15, 0.2) is 64.5 Å². The Morgan fingerprint density at radius 2 is 0.716 bits per heavy atom. The van der Waals surface area contributed by atoms with Crippen LogP contribution in [-0.2, 0) is 112 Å². The monoisotopic (exact) mass is 2320 g/mol. The lowest BCUT2D eigenvalue weighted by Gasteiger charge is -2.42. The molecular weight excluding hydrogens is 2240 g/mol. The number of hydrogen-bond donors (Lipinski definition) is 2. The second-order valence-corrected chi connectivity index (χ2v) is 52.0. The highest BCUT2D eigenvalue weighted by atomic mass is 32.3. The Morgan fingerprint density at radius 3 is 1.00 bits per heavy atom. The Kier molecular flexibility index (Phi) is 38.9. The normalized spacial score (nSPS) is 17.7. The Hall–Kier alpha value is -9.73. The molecule has 26 nitrogen and oxygen atoms in total. The zero-order valence-corrected chi connectivity index (χ0v) is 84.2. The number of phenols is 1. The molecule has 0 atom stereocenters. The van der Waals surface area contributed by atoms with E-state index >= 15 is 0 Å². The molecule has 0 unspecified atom stereocenters. The number of rotatable bonds is 26. The van der Waals surface area contributed by atoms with Crippen LogP contribution in [0.25, 0.3) is 4.13 Å². The van der Waals surface area contributed by atoms with Crippen molar-refractivity contribution in [3.63, 3.8) is 0 Å². The molecule has 9 aromatic rings. The molecule has 0 saturated carbocycles. The fourth-order valence-corrected chi connectivity index (χ4v) is 31.0. The number of morpholine rings is 1. The molecule has 816 valence electrons. The highest BCUT2D eigenvalue weighted by Gasteiger charge is 2.83. The number of carbonyl (C=O) groups excluding carboxylic acids is 1. The maximum absolute atomic E-state index is 13.5. The van der Waals surface area contributed by atoms with Crippen LogP contribution in [0, 0.1) is 3.91 Å². The largest absolute Gasteiger partial charge is 0.743 e. The summed E-state index contributed by atoms with van der Waals surface area (Å²) in [5.74, 6) is -5.14. The molecule has 5 fully saturated rings. The molecule has 60 heteroatoms. The van der Waals surface area contributed by atoms with Crippen molar-refractivity contribution in [3.05, 3.63) is 245 Å². The van der Waals surface area contributed by atoms with E-state index in [0.717, 1.165) is 68.5 Å². The number of nitrogens with zero attached hydrogens (tertiary/aromatic N) is 5. The van der Waals surface area contributed by atoms with Crippen molar-refractivity contribution in [2.24, 2.45) is 0 Å². The highest BCUT2D eigenvalue weighted by Crippen LogP contribution is 2.59. The third-order valence-electron chi connectivity index (χ3n) is 21.4. The minimum absolute atomic E-state index is 0.185. The number of anilines is 9. The van der Waals surface area contributed by atoms with Crippen LogP contribution in [-0.4, -0.2) is 226 Å². The molecule has 5 saturated heterocycles. The van der Waals surface area contributed by atoms with Gasteiger partial charge in [0.1, 0.15) is 64.2 Å². The number of aromatic hydroxyl groups is 1.